The molecule has 0 spiro atoms. The van der Waals surface area contributed by atoms with Crippen LogP contribution in [0, 0.1) is 5.92 Å². The van der Waals surface area contributed by atoms with Crippen molar-refractivity contribution in [3.63, 3.8) is 0 Å². The Balaban J connectivity index is 0.00000171. The van der Waals surface area contributed by atoms with E-state index >= 15 is 0 Å². The molecule has 0 aromatic heterocycles. The molecule has 2 nitrogen and oxygen atoms in total. The number of hydrogen-bond acceptors (Lipinski definition) is 2. The average molecular weight is 387 g/mol. The number of methoxy groups -OCH3 is 1. The molecular formula is C26H42O2. The molecule has 1 N–H and O–H groups in total. The first-order chi connectivity index (χ1) is 13.6. The summed E-state index contributed by atoms with van der Waals surface area (Å²) in [6.45, 7) is 20.3. The minimum absolute atomic E-state index is 0.0648. The third kappa shape index (κ3) is 8.06. The summed E-state index contributed by atoms with van der Waals surface area (Å²) in [6.07, 6.45) is 8.17. The van der Waals surface area contributed by atoms with Crippen LogP contribution in [0.3, 0.4) is 0 Å². The summed E-state index contributed by atoms with van der Waals surface area (Å²) in [4.78, 5) is 0. The summed E-state index contributed by atoms with van der Waals surface area (Å²) in [6, 6.07) is 7.84. The topological polar surface area (TPSA) is 29.5 Å². The second-order valence-electron chi connectivity index (χ2n) is 6.77. The Morgan fingerprint density at radius 1 is 1.07 bits per heavy atom. The van der Waals surface area contributed by atoms with Crippen molar-refractivity contribution in [2.45, 2.75) is 78.2 Å². The van der Waals surface area contributed by atoms with Crippen LogP contribution in [0.1, 0.15) is 77.7 Å². The van der Waals surface area contributed by atoms with Crippen molar-refractivity contribution in [2.24, 2.45) is 5.92 Å². The van der Waals surface area contributed by atoms with Crippen molar-refractivity contribution < 1.29 is 9.84 Å². The number of allylic oxidation sites excluding steroid dienone is 1. The zero-order valence-corrected chi connectivity index (χ0v) is 18.8. The molecule has 1 aromatic carbocycles. The Morgan fingerprint density at radius 3 is 2.07 bits per heavy atom. The standard InChI is InChI=1S/C22H30O2.2C2H6/c1-5-21(19-11-13-20(24-4)14-12-19)17(3)22(23)15-16(2)18-9-7-6-8-10-18;2*1-2/h5,11-14,18,21-23H,1-3,6-10,15H2,4H3;2*1-2H3. The van der Waals surface area contributed by atoms with Crippen molar-refractivity contribution in [1.82, 2.24) is 0 Å². The van der Waals surface area contributed by atoms with Gasteiger partial charge in [-0.2, -0.15) is 0 Å². The molecule has 1 fully saturated rings. The maximum absolute atomic E-state index is 10.6. The van der Waals surface area contributed by atoms with Crippen LogP contribution < -0.4 is 4.74 Å². The lowest BCUT2D eigenvalue weighted by Gasteiger charge is -2.27. The zero-order chi connectivity index (χ0) is 21.5. The molecule has 28 heavy (non-hydrogen) atoms. The molecule has 0 radical (unpaired) electrons. The molecule has 2 atom stereocenters. The zero-order valence-electron chi connectivity index (χ0n) is 18.8. The Morgan fingerprint density at radius 2 is 1.61 bits per heavy atom. The number of ether oxygens (including phenoxy) is 1. The first-order valence-electron chi connectivity index (χ1n) is 10.9. The molecule has 2 rings (SSSR count). The Hall–Kier alpha value is -1.80. The van der Waals surface area contributed by atoms with Gasteiger partial charge in [-0.05, 0) is 48.4 Å². The second-order valence-corrected chi connectivity index (χ2v) is 6.77. The van der Waals surface area contributed by atoms with Gasteiger partial charge in [-0.1, -0.05) is 83.9 Å². The van der Waals surface area contributed by atoms with E-state index in [1.807, 2.05) is 58.0 Å². The largest absolute Gasteiger partial charge is 0.497 e. The second kappa shape index (κ2) is 15.2. The molecular weight excluding hydrogens is 344 g/mol. The van der Waals surface area contributed by atoms with Gasteiger partial charge in [0.2, 0.25) is 0 Å². The fraction of sp³-hybridized carbons (Fsp3) is 0.538. The lowest BCUT2D eigenvalue weighted by Crippen LogP contribution is -2.19. The van der Waals surface area contributed by atoms with E-state index in [-0.39, 0.29) is 5.92 Å². The van der Waals surface area contributed by atoms with Crippen molar-refractivity contribution in [1.29, 1.82) is 0 Å². The van der Waals surface area contributed by atoms with E-state index < -0.39 is 6.10 Å². The maximum atomic E-state index is 10.6. The van der Waals surface area contributed by atoms with Crippen LogP contribution >= 0.6 is 0 Å². The van der Waals surface area contributed by atoms with Crippen molar-refractivity contribution in [3.05, 3.63) is 66.8 Å². The SMILES string of the molecule is C=CC(C(=C)C(O)CC(=C)C1CCCCC1)c1ccc(OC)cc1.CC.CC. The van der Waals surface area contributed by atoms with Gasteiger partial charge in [-0.25, -0.2) is 0 Å². The molecule has 2 heteroatoms. The third-order valence-corrected chi connectivity index (χ3v) is 5.18. The predicted octanol–water partition coefficient (Wildman–Crippen LogP) is 7.46. The molecule has 2 unspecified atom stereocenters. The van der Waals surface area contributed by atoms with Crippen LogP contribution in [0.5, 0.6) is 5.75 Å². The Labute approximate surface area is 174 Å². The summed E-state index contributed by atoms with van der Waals surface area (Å²) in [5.41, 5.74) is 3.02. The lowest BCUT2D eigenvalue weighted by atomic mass is 9.80. The third-order valence-electron chi connectivity index (χ3n) is 5.18. The van der Waals surface area contributed by atoms with Gasteiger partial charge in [0.05, 0.1) is 13.2 Å². The number of hydrogen-bond donors (Lipinski definition) is 1. The van der Waals surface area contributed by atoms with Gasteiger partial charge < -0.3 is 9.84 Å². The molecule has 0 bridgehead atoms. The minimum Gasteiger partial charge on any atom is -0.497 e. The quantitative estimate of drug-likeness (QED) is 0.470. The normalized spacial score (nSPS) is 15.6. The van der Waals surface area contributed by atoms with Crippen LogP contribution in [-0.4, -0.2) is 18.3 Å². The van der Waals surface area contributed by atoms with Gasteiger partial charge in [-0.3, -0.25) is 0 Å². The average Bonchev–Trinajstić information content (AvgIpc) is 2.78. The molecule has 0 amide bonds. The molecule has 1 saturated carbocycles. The van der Waals surface area contributed by atoms with E-state index in [4.69, 9.17) is 4.74 Å². The van der Waals surface area contributed by atoms with Gasteiger partial charge in [0.25, 0.3) is 0 Å². The van der Waals surface area contributed by atoms with E-state index in [9.17, 15) is 5.11 Å². The van der Waals surface area contributed by atoms with Gasteiger partial charge in [0.15, 0.2) is 0 Å². The maximum Gasteiger partial charge on any atom is 0.118 e. The van der Waals surface area contributed by atoms with E-state index in [1.165, 1.54) is 37.7 Å². The number of rotatable bonds is 8. The highest BCUT2D eigenvalue weighted by Crippen LogP contribution is 2.34. The molecule has 0 heterocycles. The number of aliphatic hydroxyl groups is 1. The van der Waals surface area contributed by atoms with Crippen molar-refractivity contribution in [3.8, 4) is 5.75 Å². The number of benzene rings is 1. The van der Waals surface area contributed by atoms with Crippen molar-refractivity contribution >= 4 is 0 Å². The molecule has 1 aliphatic rings. The highest BCUT2D eigenvalue weighted by Gasteiger charge is 2.23. The summed E-state index contributed by atoms with van der Waals surface area (Å²) in [5, 5.41) is 10.6. The molecule has 1 aromatic rings. The molecule has 158 valence electrons. The Bertz CT molecular complexity index is 565. The summed E-state index contributed by atoms with van der Waals surface area (Å²) < 4.78 is 5.20. The monoisotopic (exact) mass is 386 g/mol. The van der Waals surface area contributed by atoms with E-state index in [0.29, 0.717) is 12.3 Å². The summed E-state index contributed by atoms with van der Waals surface area (Å²) in [7, 11) is 1.65. The molecule has 0 saturated heterocycles. The van der Waals surface area contributed by atoms with E-state index in [0.717, 1.165) is 16.9 Å². The van der Waals surface area contributed by atoms with Crippen molar-refractivity contribution in [2.75, 3.05) is 7.11 Å². The first-order valence-corrected chi connectivity index (χ1v) is 10.9. The van der Waals surface area contributed by atoms with Crippen LogP contribution in [-0.2, 0) is 0 Å². The van der Waals surface area contributed by atoms with Crippen LogP contribution in [0.4, 0.5) is 0 Å². The summed E-state index contributed by atoms with van der Waals surface area (Å²) in [5.74, 6) is 1.31. The first kappa shape index (κ1) is 26.2. The summed E-state index contributed by atoms with van der Waals surface area (Å²) >= 11 is 0. The fourth-order valence-corrected chi connectivity index (χ4v) is 3.58. The number of aliphatic hydroxyl groups excluding tert-OH is 1. The smallest absolute Gasteiger partial charge is 0.118 e. The Kier molecular flexibility index (Phi) is 14.2. The lowest BCUT2D eigenvalue weighted by molar-refractivity contribution is 0.200. The minimum atomic E-state index is -0.579. The highest BCUT2D eigenvalue weighted by atomic mass is 16.5. The van der Waals surface area contributed by atoms with E-state index in [1.54, 1.807) is 7.11 Å². The van der Waals surface area contributed by atoms with Gasteiger partial charge in [0, 0.05) is 5.92 Å². The van der Waals surface area contributed by atoms with Crippen LogP contribution in [0.25, 0.3) is 0 Å². The van der Waals surface area contributed by atoms with Gasteiger partial charge in [-0.15, -0.1) is 6.58 Å². The highest BCUT2D eigenvalue weighted by molar-refractivity contribution is 5.37. The van der Waals surface area contributed by atoms with Gasteiger partial charge in [0.1, 0.15) is 5.75 Å². The predicted molar refractivity (Wildman–Crippen MR) is 124 cm³/mol. The van der Waals surface area contributed by atoms with Crippen LogP contribution in [0.2, 0.25) is 0 Å². The van der Waals surface area contributed by atoms with Crippen LogP contribution in [0.15, 0.2) is 61.2 Å². The molecule has 1 aliphatic carbocycles. The van der Waals surface area contributed by atoms with Gasteiger partial charge >= 0.3 is 0 Å². The fourth-order valence-electron chi connectivity index (χ4n) is 3.58. The molecule has 0 aliphatic heterocycles. The van der Waals surface area contributed by atoms with E-state index in [2.05, 4.69) is 19.7 Å².